The molecule has 1 atom stereocenters. The topological polar surface area (TPSA) is 26.3 Å². The summed E-state index contributed by atoms with van der Waals surface area (Å²) in [6, 6.07) is 20.7. The van der Waals surface area contributed by atoms with Crippen molar-refractivity contribution in [2.24, 2.45) is 5.92 Å². The maximum atomic E-state index is 10.8. The van der Waals surface area contributed by atoms with E-state index in [1.165, 1.54) is 11.1 Å². The fourth-order valence-electron chi connectivity index (χ4n) is 3.04. The molecule has 2 aromatic rings. The van der Waals surface area contributed by atoms with Crippen LogP contribution in [-0.4, -0.2) is 12.0 Å². The Labute approximate surface area is 123 Å². The van der Waals surface area contributed by atoms with Crippen molar-refractivity contribution in [3.05, 3.63) is 71.8 Å². The summed E-state index contributed by atoms with van der Waals surface area (Å²) < 4.78 is 4.99. The number of rotatable bonds is 4. The summed E-state index contributed by atoms with van der Waals surface area (Å²) in [5.41, 5.74) is 1.75. The fourth-order valence-corrected chi connectivity index (χ4v) is 3.10. The van der Waals surface area contributed by atoms with Crippen molar-refractivity contribution in [3.8, 4) is 0 Å². The standard InChI is InChI=1S/C17H15ClO2/c18-16(19)20-12-15-11-17(15,13-7-3-1-4-8-13)14-9-5-2-6-10-14/h1-10,15H,11-12H2. The van der Waals surface area contributed by atoms with Gasteiger partial charge in [0.25, 0.3) is 0 Å². The van der Waals surface area contributed by atoms with Crippen molar-refractivity contribution in [1.82, 2.24) is 0 Å². The molecule has 0 heterocycles. The Morgan fingerprint density at radius 2 is 1.55 bits per heavy atom. The van der Waals surface area contributed by atoms with E-state index in [9.17, 15) is 4.79 Å². The molecular weight excluding hydrogens is 272 g/mol. The zero-order valence-electron chi connectivity index (χ0n) is 11.0. The monoisotopic (exact) mass is 286 g/mol. The second-order valence-corrected chi connectivity index (χ2v) is 5.46. The van der Waals surface area contributed by atoms with Gasteiger partial charge in [-0.3, -0.25) is 0 Å². The largest absolute Gasteiger partial charge is 0.453 e. The lowest BCUT2D eigenvalue weighted by molar-refractivity contribution is 0.165. The molecule has 102 valence electrons. The third kappa shape index (κ3) is 2.32. The number of hydrogen-bond acceptors (Lipinski definition) is 2. The number of ether oxygens (including phenoxy) is 1. The molecule has 0 aromatic heterocycles. The average Bonchev–Trinajstić information content (AvgIpc) is 3.23. The zero-order chi connectivity index (χ0) is 14.0. The molecule has 0 saturated heterocycles. The maximum Gasteiger partial charge on any atom is 0.403 e. The molecule has 0 amide bonds. The minimum Gasteiger partial charge on any atom is -0.453 e. The van der Waals surface area contributed by atoms with Crippen LogP contribution in [0.1, 0.15) is 17.5 Å². The number of hydrogen-bond donors (Lipinski definition) is 0. The van der Waals surface area contributed by atoms with E-state index in [1.54, 1.807) is 0 Å². The second-order valence-electron chi connectivity index (χ2n) is 5.15. The predicted molar refractivity (Wildman–Crippen MR) is 79.0 cm³/mol. The summed E-state index contributed by atoms with van der Waals surface area (Å²) in [4.78, 5) is 10.8. The SMILES string of the molecule is O=C(Cl)OCC1CC1(c1ccccc1)c1ccccc1. The number of benzene rings is 2. The Morgan fingerprint density at radius 1 is 1.05 bits per heavy atom. The van der Waals surface area contributed by atoms with Gasteiger partial charge >= 0.3 is 5.43 Å². The van der Waals surface area contributed by atoms with Gasteiger partial charge in [0.05, 0.1) is 6.61 Å². The first-order valence-corrected chi connectivity index (χ1v) is 7.04. The van der Waals surface area contributed by atoms with Crippen LogP contribution in [0.15, 0.2) is 60.7 Å². The summed E-state index contributed by atoms with van der Waals surface area (Å²) >= 11 is 5.27. The van der Waals surface area contributed by atoms with Gasteiger partial charge in [-0.15, -0.1) is 0 Å². The Morgan fingerprint density at radius 3 is 2.00 bits per heavy atom. The van der Waals surface area contributed by atoms with E-state index in [-0.39, 0.29) is 11.3 Å². The molecule has 2 nitrogen and oxygen atoms in total. The molecule has 0 aliphatic heterocycles. The molecule has 0 bridgehead atoms. The highest BCUT2D eigenvalue weighted by Gasteiger charge is 2.56. The molecule has 1 saturated carbocycles. The van der Waals surface area contributed by atoms with Gasteiger partial charge in [-0.1, -0.05) is 60.7 Å². The summed E-state index contributed by atoms with van der Waals surface area (Å²) in [7, 11) is 0. The highest BCUT2D eigenvalue weighted by molar-refractivity contribution is 6.61. The lowest BCUT2D eigenvalue weighted by Crippen LogP contribution is -2.15. The molecule has 0 radical (unpaired) electrons. The first kappa shape index (κ1) is 13.2. The smallest absolute Gasteiger partial charge is 0.403 e. The Hall–Kier alpha value is -1.80. The van der Waals surface area contributed by atoms with Crippen LogP contribution in [0.25, 0.3) is 0 Å². The van der Waals surface area contributed by atoms with Gasteiger partial charge in [-0.2, -0.15) is 0 Å². The highest BCUT2D eigenvalue weighted by Crippen LogP contribution is 2.58. The molecule has 3 heteroatoms. The first-order chi connectivity index (χ1) is 9.73. The van der Waals surface area contributed by atoms with E-state index in [1.807, 2.05) is 36.4 Å². The van der Waals surface area contributed by atoms with Gasteiger partial charge in [-0.25, -0.2) is 4.79 Å². The summed E-state index contributed by atoms with van der Waals surface area (Å²) in [6.07, 6.45) is 0.977. The lowest BCUT2D eigenvalue weighted by atomic mass is 9.86. The predicted octanol–water partition coefficient (Wildman–Crippen LogP) is 4.37. The van der Waals surface area contributed by atoms with Gasteiger partial charge in [-0.05, 0) is 17.5 Å². The van der Waals surface area contributed by atoms with E-state index in [0.29, 0.717) is 6.61 Å². The van der Waals surface area contributed by atoms with Crippen LogP contribution in [0.2, 0.25) is 0 Å². The number of carbonyl (C=O) groups excluding carboxylic acids is 1. The lowest BCUT2D eigenvalue weighted by Gasteiger charge is -2.19. The second kappa shape index (κ2) is 5.29. The van der Waals surface area contributed by atoms with Crippen LogP contribution in [0.5, 0.6) is 0 Å². The molecule has 1 aliphatic carbocycles. The minimum atomic E-state index is -0.730. The van der Waals surface area contributed by atoms with E-state index in [2.05, 4.69) is 24.3 Å². The van der Waals surface area contributed by atoms with Crippen molar-refractivity contribution in [1.29, 1.82) is 0 Å². The molecule has 0 spiro atoms. The molecule has 3 rings (SSSR count). The van der Waals surface area contributed by atoms with Crippen LogP contribution in [0, 0.1) is 5.92 Å². The molecule has 20 heavy (non-hydrogen) atoms. The van der Waals surface area contributed by atoms with E-state index < -0.39 is 5.43 Å². The Bertz CT molecular complexity index is 555. The quantitative estimate of drug-likeness (QED) is 0.780. The molecule has 1 aliphatic rings. The Balaban J connectivity index is 1.93. The van der Waals surface area contributed by atoms with Crippen LogP contribution in [0.4, 0.5) is 4.79 Å². The van der Waals surface area contributed by atoms with Gasteiger partial charge in [0.15, 0.2) is 0 Å². The Kier molecular flexibility index (Phi) is 3.49. The van der Waals surface area contributed by atoms with Crippen molar-refractivity contribution in [3.63, 3.8) is 0 Å². The fraction of sp³-hybridized carbons (Fsp3) is 0.235. The van der Waals surface area contributed by atoms with Crippen molar-refractivity contribution in [2.45, 2.75) is 11.8 Å². The molecule has 1 fully saturated rings. The zero-order valence-corrected chi connectivity index (χ0v) is 11.7. The summed E-state index contributed by atoms with van der Waals surface area (Å²) in [5.74, 6) is 0.287. The van der Waals surface area contributed by atoms with Crippen LogP contribution in [0.3, 0.4) is 0 Å². The van der Waals surface area contributed by atoms with Crippen LogP contribution >= 0.6 is 11.6 Å². The van der Waals surface area contributed by atoms with Gasteiger partial charge in [0.1, 0.15) is 0 Å². The third-order valence-corrected chi connectivity index (χ3v) is 4.19. The van der Waals surface area contributed by atoms with Crippen LogP contribution < -0.4 is 0 Å². The number of carbonyl (C=O) groups is 1. The van der Waals surface area contributed by atoms with Crippen LogP contribution in [-0.2, 0) is 10.2 Å². The van der Waals surface area contributed by atoms with E-state index >= 15 is 0 Å². The summed E-state index contributed by atoms with van der Waals surface area (Å²) in [5, 5.41) is 0. The van der Waals surface area contributed by atoms with Gasteiger partial charge < -0.3 is 4.74 Å². The third-order valence-electron chi connectivity index (χ3n) is 4.08. The van der Waals surface area contributed by atoms with Crippen molar-refractivity contribution < 1.29 is 9.53 Å². The molecule has 1 unspecified atom stereocenters. The molecule has 0 N–H and O–H groups in total. The maximum absolute atomic E-state index is 10.8. The number of halogens is 1. The first-order valence-electron chi connectivity index (χ1n) is 6.67. The highest BCUT2D eigenvalue weighted by atomic mass is 35.5. The molecule has 2 aromatic carbocycles. The van der Waals surface area contributed by atoms with E-state index in [4.69, 9.17) is 16.3 Å². The summed E-state index contributed by atoms with van der Waals surface area (Å²) in [6.45, 7) is 0.367. The van der Waals surface area contributed by atoms with Gasteiger partial charge in [0, 0.05) is 22.9 Å². The van der Waals surface area contributed by atoms with Crippen molar-refractivity contribution in [2.75, 3.05) is 6.61 Å². The van der Waals surface area contributed by atoms with Crippen molar-refractivity contribution >= 4 is 17.0 Å². The molecular formula is C17H15ClO2. The van der Waals surface area contributed by atoms with Gasteiger partial charge in [0.2, 0.25) is 0 Å². The van der Waals surface area contributed by atoms with E-state index in [0.717, 1.165) is 6.42 Å². The average molecular weight is 287 g/mol. The normalized spacial score (nSPS) is 19.4. The minimum absolute atomic E-state index is 0.0468.